The third kappa shape index (κ3) is 6.86. The van der Waals surface area contributed by atoms with Crippen LogP contribution in [0.5, 0.6) is 0 Å². The number of ether oxygens (including phenoxy) is 1. The Bertz CT molecular complexity index is 1380. The highest BCUT2D eigenvalue weighted by atomic mass is 32.2. The number of halogens is 2. The molecule has 1 unspecified atom stereocenters. The van der Waals surface area contributed by atoms with Crippen LogP contribution in [-0.4, -0.2) is 28.1 Å². The normalized spacial score (nSPS) is 13.0. The largest absolute Gasteiger partial charge is 0.444 e. The Hall–Kier alpha value is -3.79. The monoisotopic (exact) mass is 501 g/mol. The summed E-state index contributed by atoms with van der Waals surface area (Å²) in [5, 5.41) is 5.23. The molecule has 3 rings (SSSR count). The van der Waals surface area contributed by atoms with E-state index in [0.29, 0.717) is 5.56 Å². The smallest absolute Gasteiger partial charge is 0.412 e. The fraction of sp³-hybridized carbons (Fsp3) is 0.200. The van der Waals surface area contributed by atoms with E-state index in [1.807, 2.05) is 0 Å². The van der Waals surface area contributed by atoms with Crippen LogP contribution in [0.2, 0.25) is 0 Å². The van der Waals surface area contributed by atoms with Gasteiger partial charge in [0.05, 0.1) is 21.1 Å². The molecule has 0 radical (unpaired) electrons. The predicted octanol–water partition coefficient (Wildman–Crippen LogP) is 6.27. The summed E-state index contributed by atoms with van der Waals surface area (Å²) >= 11 is 0. The summed E-state index contributed by atoms with van der Waals surface area (Å²) in [6.45, 7) is 5.10. The first kappa shape index (κ1) is 25.8. The van der Waals surface area contributed by atoms with Gasteiger partial charge in [0, 0.05) is 28.3 Å². The lowest BCUT2D eigenvalue weighted by Gasteiger charge is -2.21. The Balaban J connectivity index is 1.97. The van der Waals surface area contributed by atoms with Crippen molar-refractivity contribution in [2.45, 2.75) is 31.3 Å². The molecule has 0 aromatic heterocycles. The SMILES string of the molecule is CC(C)(C)OC(=O)Nc1ccc(-c2ccc(F)cc2F)cc1NC(=O)c1ccc(S(C)(=N)=O)cc1. The minimum absolute atomic E-state index is 0.100. The maximum Gasteiger partial charge on any atom is 0.412 e. The van der Waals surface area contributed by atoms with Crippen LogP contribution < -0.4 is 10.6 Å². The minimum atomic E-state index is -2.94. The number of benzene rings is 3. The molecule has 35 heavy (non-hydrogen) atoms. The van der Waals surface area contributed by atoms with Crippen LogP contribution in [0.15, 0.2) is 65.6 Å². The van der Waals surface area contributed by atoms with Gasteiger partial charge >= 0.3 is 6.09 Å². The van der Waals surface area contributed by atoms with Gasteiger partial charge in [-0.25, -0.2) is 22.6 Å². The second kappa shape index (κ2) is 9.83. The van der Waals surface area contributed by atoms with Crippen molar-refractivity contribution in [3.05, 3.63) is 77.9 Å². The fourth-order valence-corrected chi connectivity index (χ4v) is 3.78. The Morgan fingerprint density at radius 3 is 2.14 bits per heavy atom. The van der Waals surface area contributed by atoms with Gasteiger partial charge in [0.2, 0.25) is 0 Å². The molecule has 0 aliphatic rings. The van der Waals surface area contributed by atoms with E-state index in [1.165, 1.54) is 54.8 Å². The quantitative estimate of drug-likeness (QED) is 0.383. The van der Waals surface area contributed by atoms with Gasteiger partial charge in [-0.05, 0) is 74.9 Å². The molecule has 3 N–H and O–H groups in total. The molecule has 0 heterocycles. The molecule has 184 valence electrons. The first-order chi connectivity index (χ1) is 16.2. The van der Waals surface area contributed by atoms with E-state index < -0.39 is 39.0 Å². The third-order valence-corrected chi connectivity index (χ3v) is 5.88. The lowest BCUT2D eigenvalue weighted by Crippen LogP contribution is -2.27. The van der Waals surface area contributed by atoms with E-state index in [9.17, 15) is 22.6 Å². The third-order valence-electron chi connectivity index (χ3n) is 4.71. The van der Waals surface area contributed by atoms with Crippen LogP contribution in [0.1, 0.15) is 31.1 Å². The number of carbonyl (C=O) groups is 2. The number of anilines is 2. The molecule has 0 spiro atoms. The van der Waals surface area contributed by atoms with E-state index in [-0.39, 0.29) is 27.4 Å². The molecule has 0 fully saturated rings. The highest BCUT2D eigenvalue weighted by molar-refractivity contribution is 7.91. The van der Waals surface area contributed by atoms with Crippen molar-refractivity contribution >= 4 is 33.1 Å². The maximum atomic E-state index is 14.4. The highest BCUT2D eigenvalue weighted by Gasteiger charge is 2.19. The van der Waals surface area contributed by atoms with Gasteiger partial charge in [-0.2, -0.15) is 0 Å². The number of rotatable bonds is 5. The van der Waals surface area contributed by atoms with Gasteiger partial charge in [0.25, 0.3) is 5.91 Å². The number of carbonyl (C=O) groups excluding carboxylic acids is 2. The molecule has 10 heteroatoms. The van der Waals surface area contributed by atoms with Crippen LogP contribution in [0.3, 0.4) is 0 Å². The molecule has 1 atom stereocenters. The number of hydrogen-bond acceptors (Lipinski definition) is 5. The van der Waals surface area contributed by atoms with Crippen molar-refractivity contribution < 1.29 is 27.3 Å². The van der Waals surface area contributed by atoms with Crippen molar-refractivity contribution in [1.29, 1.82) is 4.78 Å². The van der Waals surface area contributed by atoms with Gasteiger partial charge in [-0.3, -0.25) is 10.1 Å². The Kier molecular flexibility index (Phi) is 7.25. The molecule has 0 bridgehead atoms. The Morgan fingerprint density at radius 1 is 0.914 bits per heavy atom. The van der Waals surface area contributed by atoms with Crippen molar-refractivity contribution in [3.63, 3.8) is 0 Å². The molecule has 3 aromatic carbocycles. The molecule has 0 saturated carbocycles. The minimum Gasteiger partial charge on any atom is -0.444 e. The van der Waals surface area contributed by atoms with Crippen molar-refractivity contribution in [2.24, 2.45) is 0 Å². The van der Waals surface area contributed by atoms with Crippen LogP contribution >= 0.6 is 0 Å². The average molecular weight is 502 g/mol. The molecule has 0 aliphatic heterocycles. The summed E-state index contributed by atoms with van der Waals surface area (Å²) in [5.74, 6) is -2.08. The topological polar surface area (TPSA) is 108 Å². The molecule has 0 saturated heterocycles. The van der Waals surface area contributed by atoms with Crippen LogP contribution in [0.4, 0.5) is 25.0 Å². The lowest BCUT2D eigenvalue weighted by atomic mass is 10.0. The molecular formula is C25H25F2N3O4S. The second-order valence-corrected chi connectivity index (χ2v) is 11.0. The number of hydrogen-bond donors (Lipinski definition) is 3. The summed E-state index contributed by atoms with van der Waals surface area (Å²) in [4.78, 5) is 25.5. The standard InChI is InChI=1S/C25H25F2N3O4S/c1-25(2,3)34-24(32)30-21-12-7-16(19-11-8-17(26)14-20(19)27)13-22(21)29-23(31)15-5-9-18(10-6-15)35(4,28)33/h5-14,28H,1-4H3,(H,29,31)(H,30,32). The summed E-state index contributed by atoms with van der Waals surface area (Å²) in [6.07, 6.45) is 0.516. The molecule has 0 aliphatic carbocycles. The Labute approximate surface area is 202 Å². The van der Waals surface area contributed by atoms with E-state index in [2.05, 4.69) is 10.6 Å². The van der Waals surface area contributed by atoms with Gasteiger partial charge in [0.15, 0.2) is 0 Å². The number of amides is 2. The first-order valence-corrected chi connectivity index (χ1v) is 12.4. The zero-order valence-electron chi connectivity index (χ0n) is 19.6. The maximum absolute atomic E-state index is 14.4. The van der Waals surface area contributed by atoms with E-state index in [4.69, 9.17) is 9.52 Å². The summed E-state index contributed by atoms with van der Waals surface area (Å²) in [6, 6.07) is 13.3. The van der Waals surface area contributed by atoms with Gasteiger partial charge < -0.3 is 10.1 Å². The first-order valence-electron chi connectivity index (χ1n) is 10.5. The summed E-state index contributed by atoms with van der Waals surface area (Å²) < 4.78 is 52.5. The second-order valence-electron chi connectivity index (χ2n) is 8.83. The van der Waals surface area contributed by atoms with Gasteiger partial charge in [0.1, 0.15) is 17.2 Å². The van der Waals surface area contributed by atoms with Gasteiger partial charge in [-0.15, -0.1) is 0 Å². The van der Waals surface area contributed by atoms with E-state index >= 15 is 0 Å². The van der Waals surface area contributed by atoms with Crippen molar-refractivity contribution in [3.8, 4) is 11.1 Å². The Morgan fingerprint density at radius 2 is 1.57 bits per heavy atom. The number of nitrogens with one attached hydrogen (secondary N) is 3. The molecule has 3 aromatic rings. The van der Waals surface area contributed by atoms with Crippen LogP contribution in [0, 0.1) is 16.4 Å². The van der Waals surface area contributed by atoms with Crippen LogP contribution in [-0.2, 0) is 14.5 Å². The predicted molar refractivity (Wildman–Crippen MR) is 131 cm³/mol. The van der Waals surface area contributed by atoms with Crippen molar-refractivity contribution in [2.75, 3.05) is 16.9 Å². The fourth-order valence-electron chi connectivity index (χ4n) is 3.12. The molecular weight excluding hydrogens is 476 g/mol. The molecule has 7 nitrogen and oxygen atoms in total. The molecule has 2 amide bonds. The average Bonchev–Trinajstić information content (AvgIpc) is 2.73. The lowest BCUT2D eigenvalue weighted by molar-refractivity contribution is 0.0635. The zero-order valence-corrected chi connectivity index (χ0v) is 20.4. The van der Waals surface area contributed by atoms with Gasteiger partial charge in [-0.1, -0.05) is 6.07 Å². The van der Waals surface area contributed by atoms with E-state index in [0.717, 1.165) is 12.1 Å². The van der Waals surface area contributed by atoms with Crippen molar-refractivity contribution in [1.82, 2.24) is 0 Å². The van der Waals surface area contributed by atoms with Crippen LogP contribution in [0.25, 0.3) is 11.1 Å². The zero-order chi connectivity index (χ0) is 26.0. The van der Waals surface area contributed by atoms with E-state index in [1.54, 1.807) is 20.8 Å². The summed E-state index contributed by atoms with van der Waals surface area (Å²) in [7, 11) is -2.94. The summed E-state index contributed by atoms with van der Waals surface area (Å²) in [5.41, 5.74) is 0.219. The highest BCUT2D eigenvalue weighted by Crippen LogP contribution is 2.32.